The van der Waals surface area contributed by atoms with Crippen LogP contribution in [0.25, 0.3) is 22.8 Å². The molecular weight excluding hydrogens is 588 g/mol. The van der Waals surface area contributed by atoms with Gasteiger partial charge in [0, 0.05) is 31.3 Å². The number of primary amides is 1. The van der Waals surface area contributed by atoms with Crippen LogP contribution in [-0.4, -0.2) is 93.6 Å². The summed E-state index contributed by atoms with van der Waals surface area (Å²) in [6, 6.07) is 3.68. The predicted molar refractivity (Wildman–Crippen MR) is 158 cm³/mol. The van der Waals surface area contributed by atoms with Gasteiger partial charge in [0.2, 0.25) is 5.78 Å². The molecule has 0 aliphatic heterocycles. The molecule has 14 nitrogen and oxygen atoms in total. The summed E-state index contributed by atoms with van der Waals surface area (Å²) >= 11 is 0. The smallest absolute Gasteiger partial charge is 0.313 e. The molecule has 3 aromatic rings. The van der Waals surface area contributed by atoms with Gasteiger partial charge in [-0.15, -0.1) is 0 Å². The van der Waals surface area contributed by atoms with Crippen LogP contribution >= 0.6 is 0 Å². The number of aliphatic carboxylic acids is 1. The Bertz CT molecular complexity index is 1900. The maximum absolute atomic E-state index is 14.4. The van der Waals surface area contributed by atoms with Gasteiger partial charge in [0.25, 0.3) is 11.8 Å². The van der Waals surface area contributed by atoms with Crippen molar-refractivity contribution in [2.45, 2.75) is 37.3 Å². The first-order chi connectivity index (χ1) is 21.1. The number of hydrogen-bond donors (Lipinski definition) is 5. The van der Waals surface area contributed by atoms with Crippen molar-refractivity contribution in [3.63, 3.8) is 0 Å². The van der Waals surface area contributed by atoms with Gasteiger partial charge in [0.05, 0.1) is 11.6 Å². The highest BCUT2D eigenvalue weighted by Gasteiger charge is 2.63. The average molecular weight is 621 g/mol. The highest BCUT2D eigenvalue weighted by atomic mass is 16.4. The SMILES string of the molecule is CC(C(=O)O)c1ccc(-c2nc3cc(N(C)C)c4c(c3o2)C(=O)C2=C(O)[C@]3(O)C(=O)C(C(N)=O)=C(O)[C@@H](N(C)C)[C@@H]3C[C@@H]2C4)o1. The van der Waals surface area contributed by atoms with Crippen LogP contribution < -0.4 is 10.6 Å². The quantitative estimate of drug-likeness (QED) is 0.249. The highest BCUT2D eigenvalue weighted by Crippen LogP contribution is 2.53. The van der Waals surface area contributed by atoms with Crippen molar-refractivity contribution in [2.24, 2.45) is 17.6 Å². The molecule has 1 unspecified atom stereocenters. The number of carboxylic acid groups (broad SMARTS) is 1. The molecule has 0 spiro atoms. The number of aromatic nitrogens is 1. The number of aliphatic hydroxyl groups excluding tert-OH is 2. The van der Waals surface area contributed by atoms with Crippen molar-refractivity contribution in [1.29, 1.82) is 0 Å². The first kappa shape index (κ1) is 30.1. The zero-order valence-electron chi connectivity index (χ0n) is 25.1. The molecule has 45 heavy (non-hydrogen) atoms. The summed E-state index contributed by atoms with van der Waals surface area (Å²) in [5, 5.41) is 43.8. The van der Waals surface area contributed by atoms with Crippen LogP contribution in [0.2, 0.25) is 0 Å². The lowest BCUT2D eigenvalue weighted by atomic mass is 9.58. The fourth-order valence-corrected chi connectivity index (χ4v) is 7.01. The molecule has 0 bridgehead atoms. The summed E-state index contributed by atoms with van der Waals surface area (Å²) < 4.78 is 11.8. The summed E-state index contributed by atoms with van der Waals surface area (Å²) in [6.45, 7) is 1.47. The number of benzene rings is 1. The number of furan rings is 1. The number of oxazole rings is 1. The van der Waals surface area contributed by atoms with E-state index in [0.717, 1.165) is 0 Å². The fourth-order valence-electron chi connectivity index (χ4n) is 7.01. The first-order valence-electron chi connectivity index (χ1n) is 14.2. The number of Topliss-reactive ketones (excluding diaryl/α,β-unsaturated/α-hetero) is 2. The number of allylic oxidation sites excluding steroid dienone is 1. The zero-order chi connectivity index (χ0) is 32.9. The molecule has 0 saturated carbocycles. The van der Waals surface area contributed by atoms with Crippen molar-refractivity contribution >= 4 is 40.2 Å². The molecule has 0 saturated heterocycles. The number of nitrogens with zero attached hydrogens (tertiary/aromatic N) is 3. The van der Waals surface area contributed by atoms with Gasteiger partial charge in [-0.1, -0.05) is 0 Å². The van der Waals surface area contributed by atoms with Crippen molar-refractivity contribution in [3.8, 4) is 11.7 Å². The molecule has 5 atom stereocenters. The van der Waals surface area contributed by atoms with Crippen LogP contribution in [0.15, 0.2) is 49.7 Å². The number of fused-ring (bicyclic) bond motifs is 5. The zero-order valence-corrected chi connectivity index (χ0v) is 25.1. The Morgan fingerprint density at radius 2 is 1.82 bits per heavy atom. The van der Waals surface area contributed by atoms with E-state index in [4.69, 9.17) is 14.6 Å². The van der Waals surface area contributed by atoms with E-state index in [-0.39, 0.29) is 52.5 Å². The van der Waals surface area contributed by atoms with Gasteiger partial charge in [-0.05, 0) is 63.5 Å². The van der Waals surface area contributed by atoms with Crippen LogP contribution in [0.5, 0.6) is 0 Å². The number of anilines is 1. The lowest BCUT2D eigenvalue weighted by molar-refractivity contribution is -0.148. The Hall–Kier alpha value is -4.95. The van der Waals surface area contributed by atoms with E-state index in [2.05, 4.69) is 4.98 Å². The third-order valence-corrected chi connectivity index (χ3v) is 9.20. The monoisotopic (exact) mass is 620 g/mol. The second-order valence-corrected chi connectivity index (χ2v) is 12.2. The molecule has 236 valence electrons. The lowest BCUT2D eigenvalue weighted by Crippen LogP contribution is -2.63. The minimum atomic E-state index is -2.71. The normalized spacial score (nSPS) is 25.4. The maximum Gasteiger partial charge on any atom is 0.313 e. The fraction of sp³-hybridized carbons (Fsp3) is 0.387. The summed E-state index contributed by atoms with van der Waals surface area (Å²) in [4.78, 5) is 59.5. The average Bonchev–Trinajstić information content (AvgIpc) is 3.61. The van der Waals surface area contributed by atoms with Crippen LogP contribution in [0.3, 0.4) is 0 Å². The second-order valence-electron chi connectivity index (χ2n) is 12.2. The number of carbonyl (C=O) groups is 4. The third-order valence-electron chi connectivity index (χ3n) is 9.20. The third kappa shape index (κ3) is 4.12. The summed E-state index contributed by atoms with van der Waals surface area (Å²) in [6.07, 6.45) is 0.213. The number of likely N-dealkylation sites (N-methyl/N-ethyl adjacent to an activating group) is 1. The van der Waals surface area contributed by atoms with E-state index in [1.54, 1.807) is 39.2 Å². The Labute approximate surface area is 256 Å². The van der Waals surface area contributed by atoms with Crippen LogP contribution in [0, 0.1) is 11.8 Å². The number of carboxylic acids is 1. The molecule has 6 N–H and O–H groups in total. The Kier molecular flexibility index (Phi) is 6.71. The number of amides is 1. The van der Waals surface area contributed by atoms with E-state index in [1.807, 2.05) is 0 Å². The minimum Gasteiger partial charge on any atom is -0.510 e. The van der Waals surface area contributed by atoms with Crippen molar-refractivity contribution in [2.75, 3.05) is 33.1 Å². The van der Waals surface area contributed by atoms with Gasteiger partial charge in [-0.2, -0.15) is 0 Å². The summed E-state index contributed by atoms with van der Waals surface area (Å²) in [5.74, 6) is -8.24. The molecule has 14 heteroatoms. The standard InChI is InChI=1S/C31H32N4O10/c1-11(30(41)42)17-6-7-18(44-17)29-33-15-10-16(34(2)3)13-8-12-9-14-22(35(4)5)24(37)21(28(32)40)27(39)31(14,43)26(38)19(12)23(36)20(13)25(15)45-29/h6-7,10-12,14,22,37-38,43H,8-9H2,1-5H3,(H2,32,40)(H,41,42)/t11?,12-,14-,22-,31-/m0/s1. The Morgan fingerprint density at radius 3 is 2.42 bits per heavy atom. The van der Waals surface area contributed by atoms with Gasteiger partial charge in [0.15, 0.2) is 22.7 Å². The number of carbonyl (C=O) groups excluding carboxylic acids is 3. The molecular formula is C31H32N4O10. The molecule has 0 radical (unpaired) electrons. The topological polar surface area (TPSA) is 221 Å². The van der Waals surface area contributed by atoms with Crippen LogP contribution in [0.1, 0.15) is 40.9 Å². The number of ketones is 2. The van der Waals surface area contributed by atoms with Crippen molar-refractivity contribution in [1.82, 2.24) is 9.88 Å². The number of nitrogens with two attached hydrogens (primary N) is 1. The van der Waals surface area contributed by atoms with Gasteiger partial charge in [0.1, 0.15) is 34.3 Å². The highest BCUT2D eigenvalue weighted by molar-refractivity contribution is 6.25. The van der Waals surface area contributed by atoms with Crippen LogP contribution in [0.4, 0.5) is 5.69 Å². The molecule has 3 aliphatic carbocycles. The molecule has 2 aromatic heterocycles. The van der Waals surface area contributed by atoms with E-state index in [0.29, 0.717) is 11.3 Å². The van der Waals surface area contributed by atoms with E-state index >= 15 is 0 Å². The first-order valence-corrected chi connectivity index (χ1v) is 14.2. The predicted octanol–water partition coefficient (Wildman–Crippen LogP) is 2.07. The Balaban J connectivity index is 1.54. The van der Waals surface area contributed by atoms with Crippen molar-refractivity contribution < 1.29 is 48.4 Å². The maximum atomic E-state index is 14.4. The molecule has 6 rings (SSSR count). The van der Waals surface area contributed by atoms with Gasteiger partial charge in [-0.3, -0.25) is 24.1 Å². The van der Waals surface area contributed by atoms with Crippen molar-refractivity contribution in [3.05, 3.63) is 57.8 Å². The van der Waals surface area contributed by atoms with E-state index < -0.39 is 69.9 Å². The van der Waals surface area contributed by atoms with Gasteiger partial charge in [-0.25, -0.2) is 4.98 Å². The molecule has 1 aromatic carbocycles. The Morgan fingerprint density at radius 1 is 1.13 bits per heavy atom. The van der Waals surface area contributed by atoms with Gasteiger partial charge < -0.3 is 39.9 Å². The second kappa shape index (κ2) is 10.0. The van der Waals surface area contributed by atoms with Crippen LogP contribution in [-0.2, 0) is 20.8 Å². The molecule has 3 aliphatic rings. The van der Waals surface area contributed by atoms with E-state index in [9.17, 15) is 39.6 Å². The molecule has 2 heterocycles. The summed E-state index contributed by atoms with van der Waals surface area (Å²) in [7, 11) is 6.75. The lowest BCUT2D eigenvalue weighted by Gasteiger charge is -2.50. The van der Waals surface area contributed by atoms with E-state index in [1.165, 1.54) is 24.0 Å². The number of hydrogen-bond acceptors (Lipinski definition) is 12. The van der Waals surface area contributed by atoms with Gasteiger partial charge >= 0.3 is 5.97 Å². The summed E-state index contributed by atoms with van der Waals surface area (Å²) in [5.41, 5.74) is 3.32. The number of aliphatic hydroxyl groups is 3. The minimum absolute atomic E-state index is 0.00889. The largest absolute Gasteiger partial charge is 0.510 e. The molecule has 0 fully saturated rings. The number of rotatable bonds is 6. The molecule has 1 amide bonds.